The van der Waals surface area contributed by atoms with Gasteiger partial charge in [0.1, 0.15) is 0 Å². The highest BCUT2D eigenvalue weighted by Gasteiger charge is 2.32. The minimum atomic E-state index is 0.00880. The van der Waals surface area contributed by atoms with Crippen LogP contribution in [0.25, 0.3) is 0 Å². The molecule has 1 fully saturated rings. The smallest absolute Gasteiger partial charge is 0.0584 e. The van der Waals surface area contributed by atoms with Gasteiger partial charge in [0, 0.05) is 30.2 Å². The highest BCUT2D eigenvalue weighted by molar-refractivity contribution is 7.98. The van der Waals surface area contributed by atoms with Crippen LogP contribution in [-0.2, 0) is 5.54 Å². The molecule has 0 radical (unpaired) electrons. The van der Waals surface area contributed by atoms with Crippen LogP contribution in [0.3, 0.4) is 0 Å². The first kappa shape index (κ1) is 14.5. The maximum absolute atomic E-state index is 3.69. The van der Waals surface area contributed by atoms with Crippen LogP contribution in [0.1, 0.15) is 12.5 Å². The lowest BCUT2D eigenvalue weighted by atomic mass is 9.89. The van der Waals surface area contributed by atoms with Crippen LogP contribution < -0.4 is 10.2 Å². The lowest BCUT2D eigenvalue weighted by Crippen LogP contribution is -2.56. The topological polar surface area (TPSA) is 15.3 Å². The van der Waals surface area contributed by atoms with E-state index in [9.17, 15) is 0 Å². The minimum absolute atomic E-state index is 0.00880. The lowest BCUT2D eigenvalue weighted by Gasteiger charge is -2.43. The summed E-state index contributed by atoms with van der Waals surface area (Å²) in [5.41, 5.74) is 2.69. The SMILES string of the molecule is CSc1cccc(N2CCNC(C)(c3ccccc3)C2)c1. The van der Waals surface area contributed by atoms with E-state index in [0.717, 1.165) is 19.6 Å². The molecule has 1 aliphatic heterocycles. The molecule has 21 heavy (non-hydrogen) atoms. The zero-order valence-electron chi connectivity index (χ0n) is 12.7. The molecule has 2 aromatic carbocycles. The van der Waals surface area contributed by atoms with Crippen molar-refractivity contribution in [1.82, 2.24) is 5.32 Å². The van der Waals surface area contributed by atoms with Crippen molar-refractivity contribution in [2.45, 2.75) is 17.4 Å². The lowest BCUT2D eigenvalue weighted by molar-refractivity contribution is 0.332. The Labute approximate surface area is 131 Å². The van der Waals surface area contributed by atoms with Crippen LogP contribution in [0.15, 0.2) is 59.5 Å². The number of hydrogen-bond acceptors (Lipinski definition) is 3. The second-order valence-corrected chi connectivity index (χ2v) is 6.63. The summed E-state index contributed by atoms with van der Waals surface area (Å²) < 4.78 is 0. The third-order valence-electron chi connectivity index (χ3n) is 4.23. The van der Waals surface area contributed by atoms with E-state index in [-0.39, 0.29) is 5.54 Å². The van der Waals surface area contributed by atoms with Crippen LogP contribution in [0.4, 0.5) is 5.69 Å². The molecule has 110 valence electrons. The first-order valence-corrected chi connectivity index (χ1v) is 8.63. The number of thioether (sulfide) groups is 1. The van der Waals surface area contributed by atoms with Crippen molar-refractivity contribution >= 4 is 17.4 Å². The molecule has 1 heterocycles. The summed E-state index contributed by atoms with van der Waals surface area (Å²) >= 11 is 1.80. The Morgan fingerprint density at radius 2 is 1.90 bits per heavy atom. The Hall–Kier alpha value is -1.45. The van der Waals surface area contributed by atoms with Crippen LogP contribution >= 0.6 is 11.8 Å². The fourth-order valence-corrected chi connectivity index (χ4v) is 3.46. The van der Waals surface area contributed by atoms with Crippen LogP contribution in [0, 0.1) is 0 Å². The first-order valence-electron chi connectivity index (χ1n) is 7.41. The quantitative estimate of drug-likeness (QED) is 0.869. The molecule has 3 heteroatoms. The van der Waals surface area contributed by atoms with E-state index in [1.807, 2.05) is 0 Å². The molecule has 0 saturated carbocycles. The number of nitrogens with zero attached hydrogens (tertiary/aromatic N) is 1. The van der Waals surface area contributed by atoms with Crippen LogP contribution in [-0.4, -0.2) is 25.9 Å². The number of nitrogens with one attached hydrogen (secondary N) is 1. The molecule has 1 aliphatic rings. The zero-order valence-corrected chi connectivity index (χ0v) is 13.5. The van der Waals surface area contributed by atoms with Gasteiger partial charge in [-0.25, -0.2) is 0 Å². The predicted octanol–water partition coefficient (Wildman–Crippen LogP) is 3.73. The molecule has 0 bridgehead atoms. The van der Waals surface area contributed by atoms with Gasteiger partial charge in [-0.3, -0.25) is 0 Å². The number of anilines is 1. The highest BCUT2D eigenvalue weighted by Crippen LogP contribution is 2.29. The van der Waals surface area contributed by atoms with E-state index in [4.69, 9.17) is 0 Å². The number of hydrogen-bond donors (Lipinski definition) is 1. The second-order valence-electron chi connectivity index (χ2n) is 5.75. The van der Waals surface area contributed by atoms with E-state index in [1.165, 1.54) is 16.1 Å². The van der Waals surface area contributed by atoms with Gasteiger partial charge in [0.05, 0.1) is 5.54 Å². The van der Waals surface area contributed by atoms with Crippen molar-refractivity contribution in [3.63, 3.8) is 0 Å². The summed E-state index contributed by atoms with van der Waals surface area (Å²) in [7, 11) is 0. The molecule has 0 amide bonds. The number of piperazine rings is 1. The summed E-state index contributed by atoms with van der Waals surface area (Å²) in [6.45, 7) is 5.36. The van der Waals surface area contributed by atoms with Crippen LogP contribution in [0.2, 0.25) is 0 Å². The van der Waals surface area contributed by atoms with E-state index in [0.29, 0.717) is 0 Å². The molecule has 1 atom stereocenters. The van der Waals surface area contributed by atoms with Crippen molar-refractivity contribution in [2.24, 2.45) is 0 Å². The van der Waals surface area contributed by atoms with Crippen molar-refractivity contribution in [2.75, 3.05) is 30.8 Å². The normalized spacial score (nSPS) is 22.3. The van der Waals surface area contributed by atoms with Crippen LogP contribution in [0.5, 0.6) is 0 Å². The van der Waals surface area contributed by atoms with E-state index >= 15 is 0 Å². The fraction of sp³-hybridized carbons (Fsp3) is 0.333. The largest absolute Gasteiger partial charge is 0.368 e. The predicted molar refractivity (Wildman–Crippen MR) is 92.2 cm³/mol. The van der Waals surface area contributed by atoms with Gasteiger partial charge < -0.3 is 10.2 Å². The Morgan fingerprint density at radius 3 is 2.67 bits per heavy atom. The summed E-state index contributed by atoms with van der Waals surface area (Å²) in [5, 5.41) is 3.69. The van der Waals surface area contributed by atoms with Gasteiger partial charge in [0.2, 0.25) is 0 Å². The Kier molecular flexibility index (Phi) is 4.22. The fourth-order valence-electron chi connectivity index (χ4n) is 3.01. The molecular weight excluding hydrogens is 276 g/mol. The molecular formula is C18H22N2S. The van der Waals surface area contributed by atoms with Gasteiger partial charge >= 0.3 is 0 Å². The third-order valence-corrected chi connectivity index (χ3v) is 4.96. The molecule has 2 nitrogen and oxygen atoms in total. The summed E-state index contributed by atoms with van der Waals surface area (Å²) in [6.07, 6.45) is 2.13. The molecule has 0 aliphatic carbocycles. The molecule has 0 aromatic heterocycles. The van der Waals surface area contributed by atoms with Crippen molar-refractivity contribution in [1.29, 1.82) is 0 Å². The monoisotopic (exact) mass is 298 g/mol. The zero-order chi connectivity index (χ0) is 14.7. The molecule has 1 saturated heterocycles. The van der Waals surface area contributed by atoms with Gasteiger partial charge in [-0.15, -0.1) is 11.8 Å². The van der Waals surface area contributed by atoms with E-state index in [2.05, 4.69) is 78.0 Å². The average molecular weight is 298 g/mol. The molecule has 2 aromatic rings. The average Bonchev–Trinajstić information content (AvgIpc) is 2.56. The van der Waals surface area contributed by atoms with Gasteiger partial charge in [-0.2, -0.15) is 0 Å². The molecule has 3 rings (SSSR count). The maximum Gasteiger partial charge on any atom is 0.0584 e. The Balaban J connectivity index is 1.85. The summed E-state index contributed by atoms with van der Waals surface area (Å²) in [4.78, 5) is 3.82. The van der Waals surface area contributed by atoms with Gasteiger partial charge in [0.15, 0.2) is 0 Å². The standard InChI is InChI=1S/C18H22N2S/c1-18(15-7-4-3-5-8-15)14-20(12-11-19-18)16-9-6-10-17(13-16)21-2/h3-10,13,19H,11-12,14H2,1-2H3. The van der Waals surface area contributed by atoms with Gasteiger partial charge in [-0.05, 0) is 36.9 Å². The van der Waals surface area contributed by atoms with E-state index in [1.54, 1.807) is 11.8 Å². The Morgan fingerprint density at radius 1 is 1.10 bits per heavy atom. The minimum Gasteiger partial charge on any atom is -0.368 e. The number of benzene rings is 2. The van der Waals surface area contributed by atoms with Crippen molar-refractivity contribution < 1.29 is 0 Å². The number of rotatable bonds is 3. The molecule has 1 unspecified atom stereocenters. The van der Waals surface area contributed by atoms with Crippen molar-refractivity contribution in [3.05, 3.63) is 60.2 Å². The van der Waals surface area contributed by atoms with Gasteiger partial charge in [-0.1, -0.05) is 36.4 Å². The molecule has 0 spiro atoms. The highest BCUT2D eigenvalue weighted by atomic mass is 32.2. The van der Waals surface area contributed by atoms with Crippen molar-refractivity contribution in [3.8, 4) is 0 Å². The summed E-state index contributed by atoms with van der Waals surface area (Å²) in [6, 6.07) is 19.6. The second kappa shape index (κ2) is 6.12. The first-order chi connectivity index (χ1) is 10.2. The van der Waals surface area contributed by atoms with Gasteiger partial charge in [0.25, 0.3) is 0 Å². The Bertz CT molecular complexity index is 599. The maximum atomic E-state index is 3.69. The molecule has 1 N–H and O–H groups in total. The third kappa shape index (κ3) is 3.09. The summed E-state index contributed by atoms with van der Waals surface area (Å²) in [5.74, 6) is 0. The van der Waals surface area contributed by atoms with E-state index < -0.39 is 0 Å².